The van der Waals surface area contributed by atoms with Crippen LogP contribution < -0.4 is 15.8 Å². The Morgan fingerprint density at radius 1 is 1.07 bits per heavy atom. The predicted octanol–water partition coefficient (Wildman–Crippen LogP) is 7.04. The monoisotopic (exact) mass is 626 g/mol. The molecule has 0 spiro atoms. The lowest BCUT2D eigenvalue weighted by atomic mass is 10.00. The van der Waals surface area contributed by atoms with Crippen LogP contribution in [0.4, 0.5) is 4.79 Å². The number of halogens is 2. The Kier molecular flexibility index (Phi) is 13.6. The highest BCUT2D eigenvalue weighted by molar-refractivity contribution is 6.35. The lowest BCUT2D eigenvalue weighted by molar-refractivity contribution is 0.0945. The van der Waals surface area contributed by atoms with Gasteiger partial charge in [0.05, 0.1) is 6.61 Å². The van der Waals surface area contributed by atoms with Gasteiger partial charge in [0.1, 0.15) is 12.4 Å². The molecule has 0 bridgehead atoms. The molecule has 1 atom stereocenters. The van der Waals surface area contributed by atoms with Gasteiger partial charge in [0, 0.05) is 42.2 Å². The standard InChI is InChI=1S/C33H40Cl2N4O4/c1-4-24(11-8-17-39(3)32(36)38-33(41)43-22-25-9-6-5-7-10-25)21-37-31(40)27-13-12-23(2)30(19-27)42-18-16-26-14-15-28(34)20-29(26)35/h5-7,9-10,12-15,19-20,24H,4,8,11,16-18,21-22H2,1-3H3,(H,37,40)(H2,36,38,41). The topological polar surface area (TPSA) is 106 Å². The van der Waals surface area contributed by atoms with Crippen molar-refractivity contribution in [3.8, 4) is 5.75 Å². The molecule has 0 aliphatic rings. The summed E-state index contributed by atoms with van der Waals surface area (Å²) in [6.45, 7) is 5.77. The van der Waals surface area contributed by atoms with E-state index in [9.17, 15) is 9.59 Å². The van der Waals surface area contributed by atoms with Gasteiger partial charge < -0.3 is 25.4 Å². The third-order valence-electron chi connectivity index (χ3n) is 7.13. The number of carbonyl (C=O) groups excluding carboxylic acids is 2. The Morgan fingerprint density at radius 2 is 1.84 bits per heavy atom. The zero-order valence-corrected chi connectivity index (χ0v) is 26.5. The predicted molar refractivity (Wildman–Crippen MR) is 173 cm³/mol. The van der Waals surface area contributed by atoms with Crippen molar-refractivity contribution >= 4 is 41.2 Å². The first-order chi connectivity index (χ1) is 20.7. The molecule has 0 radical (unpaired) electrons. The van der Waals surface area contributed by atoms with Crippen molar-refractivity contribution < 1.29 is 19.1 Å². The van der Waals surface area contributed by atoms with Crippen LogP contribution in [0.1, 0.15) is 53.2 Å². The maximum Gasteiger partial charge on any atom is 0.437 e. The number of ether oxygens (including phenoxy) is 2. The summed E-state index contributed by atoms with van der Waals surface area (Å²) in [4.78, 5) is 30.5. The fourth-order valence-corrected chi connectivity index (χ4v) is 4.85. The van der Waals surface area contributed by atoms with Crippen LogP contribution in [0.2, 0.25) is 10.0 Å². The van der Waals surface area contributed by atoms with E-state index in [1.165, 1.54) is 0 Å². The highest BCUT2D eigenvalue weighted by Gasteiger charge is 2.14. The Balaban J connectivity index is 1.41. The van der Waals surface area contributed by atoms with E-state index in [4.69, 9.17) is 38.4 Å². The molecule has 0 saturated carbocycles. The van der Waals surface area contributed by atoms with E-state index < -0.39 is 6.09 Å². The van der Waals surface area contributed by atoms with Gasteiger partial charge in [0.2, 0.25) is 5.96 Å². The molecule has 2 amide bonds. The van der Waals surface area contributed by atoms with Crippen molar-refractivity contribution in [1.29, 1.82) is 0 Å². The van der Waals surface area contributed by atoms with Crippen LogP contribution >= 0.6 is 23.2 Å². The van der Waals surface area contributed by atoms with Crippen LogP contribution in [-0.2, 0) is 17.8 Å². The van der Waals surface area contributed by atoms with Crippen molar-refractivity contribution in [2.24, 2.45) is 16.6 Å². The van der Waals surface area contributed by atoms with Gasteiger partial charge in [-0.2, -0.15) is 0 Å². The summed E-state index contributed by atoms with van der Waals surface area (Å²) >= 11 is 12.2. The van der Waals surface area contributed by atoms with E-state index in [2.05, 4.69) is 17.2 Å². The second-order valence-corrected chi connectivity index (χ2v) is 11.2. The van der Waals surface area contributed by atoms with Gasteiger partial charge in [-0.1, -0.05) is 79.0 Å². The zero-order chi connectivity index (χ0) is 31.2. The molecule has 0 saturated heterocycles. The molecule has 43 heavy (non-hydrogen) atoms. The van der Waals surface area contributed by atoms with Gasteiger partial charge in [-0.3, -0.25) is 4.79 Å². The molecule has 10 heteroatoms. The minimum atomic E-state index is -0.724. The Labute approximate surface area is 264 Å². The number of benzene rings is 3. The average Bonchev–Trinajstić information content (AvgIpc) is 3.00. The molecule has 0 aliphatic heterocycles. The largest absolute Gasteiger partial charge is 0.493 e. The molecule has 0 aliphatic carbocycles. The Bertz CT molecular complexity index is 1380. The summed E-state index contributed by atoms with van der Waals surface area (Å²) in [5, 5.41) is 4.26. The summed E-state index contributed by atoms with van der Waals surface area (Å²) in [5.41, 5.74) is 9.31. The highest BCUT2D eigenvalue weighted by Crippen LogP contribution is 2.23. The van der Waals surface area contributed by atoms with E-state index in [0.717, 1.165) is 36.0 Å². The number of aliphatic imine (C=N–C) groups is 1. The van der Waals surface area contributed by atoms with Crippen molar-refractivity contribution in [2.75, 3.05) is 26.7 Å². The SMILES string of the molecule is CCC(CCCN(C)/C(N)=N/C(=O)OCc1ccccc1)CNC(=O)c1ccc(C)c(OCCc2ccc(Cl)cc2Cl)c1. The molecule has 8 nitrogen and oxygen atoms in total. The summed E-state index contributed by atoms with van der Waals surface area (Å²) in [6.07, 6.45) is 2.50. The van der Waals surface area contributed by atoms with Gasteiger partial charge in [0.25, 0.3) is 5.91 Å². The number of rotatable bonds is 14. The third-order valence-corrected chi connectivity index (χ3v) is 7.72. The molecule has 3 aromatic carbocycles. The quantitative estimate of drug-likeness (QED) is 0.147. The molecular weight excluding hydrogens is 587 g/mol. The first-order valence-corrected chi connectivity index (χ1v) is 15.1. The number of guanidine groups is 1. The van der Waals surface area contributed by atoms with Crippen LogP contribution in [0.25, 0.3) is 0 Å². The van der Waals surface area contributed by atoms with E-state index in [1.807, 2.05) is 49.4 Å². The van der Waals surface area contributed by atoms with E-state index in [-0.39, 0.29) is 24.4 Å². The summed E-state index contributed by atoms with van der Waals surface area (Å²) in [6, 6.07) is 20.3. The Hall–Kier alpha value is -3.75. The molecule has 1 unspecified atom stereocenters. The van der Waals surface area contributed by atoms with Gasteiger partial charge >= 0.3 is 6.09 Å². The second kappa shape index (κ2) is 17.4. The van der Waals surface area contributed by atoms with Crippen molar-refractivity contribution in [1.82, 2.24) is 10.2 Å². The lowest BCUT2D eigenvalue weighted by Crippen LogP contribution is -2.36. The molecule has 0 heterocycles. The number of hydrogen-bond acceptors (Lipinski definition) is 4. The number of nitrogens with one attached hydrogen (secondary N) is 1. The smallest absolute Gasteiger partial charge is 0.437 e. The second-order valence-electron chi connectivity index (χ2n) is 10.4. The molecule has 0 aromatic heterocycles. The fourth-order valence-electron chi connectivity index (χ4n) is 4.34. The zero-order valence-electron chi connectivity index (χ0n) is 24.9. The number of amides is 2. The van der Waals surface area contributed by atoms with Crippen LogP contribution in [0.3, 0.4) is 0 Å². The number of carbonyl (C=O) groups is 2. The van der Waals surface area contributed by atoms with Gasteiger partial charge in [0.15, 0.2) is 0 Å². The summed E-state index contributed by atoms with van der Waals surface area (Å²) in [7, 11) is 1.78. The first kappa shape index (κ1) is 33.7. The first-order valence-electron chi connectivity index (χ1n) is 14.4. The minimum absolute atomic E-state index is 0.105. The molecule has 3 aromatic rings. The van der Waals surface area contributed by atoms with Gasteiger partial charge in [-0.15, -0.1) is 4.99 Å². The van der Waals surface area contributed by atoms with E-state index in [0.29, 0.717) is 47.5 Å². The van der Waals surface area contributed by atoms with Gasteiger partial charge in [-0.25, -0.2) is 4.79 Å². The minimum Gasteiger partial charge on any atom is -0.493 e. The molecular formula is C33H40Cl2N4O4. The van der Waals surface area contributed by atoms with E-state index >= 15 is 0 Å². The lowest BCUT2D eigenvalue weighted by Gasteiger charge is -2.20. The third kappa shape index (κ3) is 11.5. The van der Waals surface area contributed by atoms with Gasteiger partial charge in [-0.05, 0) is 66.6 Å². The number of nitrogens with zero attached hydrogens (tertiary/aromatic N) is 2. The summed E-state index contributed by atoms with van der Waals surface area (Å²) in [5.74, 6) is 0.910. The average molecular weight is 628 g/mol. The molecule has 0 fully saturated rings. The number of nitrogens with two attached hydrogens (primary N) is 1. The van der Waals surface area contributed by atoms with Crippen LogP contribution in [0.15, 0.2) is 71.7 Å². The number of aryl methyl sites for hydroxylation is 1. The van der Waals surface area contributed by atoms with Crippen LogP contribution in [0.5, 0.6) is 5.75 Å². The van der Waals surface area contributed by atoms with Crippen LogP contribution in [-0.4, -0.2) is 49.6 Å². The Morgan fingerprint density at radius 3 is 2.56 bits per heavy atom. The van der Waals surface area contributed by atoms with Crippen LogP contribution in [0, 0.1) is 12.8 Å². The van der Waals surface area contributed by atoms with E-state index in [1.54, 1.807) is 36.2 Å². The molecule has 230 valence electrons. The number of hydrogen-bond donors (Lipinski definition) is 2. The summed E-state index contributed by atoms with van der Waals surface area (Å²) < 4.78 is 11.2. The molecule has 3 N–H and O–H groups in total. The van der Waals surface area contributed by atoms with Crippen molar-refractivity contribution in [3.05, 3.63) is 99.0 Å². The highest BCUT2D eigenvalue weighted by atomic mass is 35.5. The normalized spacial score (nSPS) is 12.0. The maximum absolute atomic E-state index is 12.9. The van der Waals surface area contributed by atoms with Crippen molar-refractivity contribution in [3.63, 3.8) is 0 Å². The molecule has 3 rings (SSSR count). The van der Waals surface area contributed by atoms with Crippen molar-refractivity contribution in [2.45, 2.75) is 46.1 Å². The fraction of sp³-hybridized carbons (Fsp3) is 0.364. The maximum atomic E-state index is 12.9.